The number of hydrogen-bond acceptors (Lipinski definition) is 2. The number of carbonyl (C=O) groups is 1. The smallest absolute Gasteiger partial charge is 0.224 e. The predicted molar refractivity (Wildman–Crippen MR) is 74.3 cm³/mol. The lowest BCUT2D eigenvalue weighted by Crippen LogP contribution is -2.12. The zero-order valence-corrected chi connectivity index (χ0v) is 12.0. The van der Waals surface area contributed by atoms with E-state index in [0.717, 1.165) is 18.2 Å². The zero-order valence-electron chi connectivity index (χ0n) is 9.63. The van der Waals surface area contributed by atoms with E-state index in [1.54, 1.807) is 25.3 Å². The fraction of sp³-hybridized carbons (Fsp3) is 0.417. The molecule has 0 aliphatic carbocycles. The van der Waals surface area contributed by atoms with Gasteiger partial charge in [-0.3, -0.25) is 4.79 Å². The maximum atomic E-state index is 11.6. The number of amides is 1. The Bertz CT molecular complexity index is 385. The normalized spacial score (nSPS) is 10.1. The van der Waals surface area contributed by atoms with E-state index in [9.17, 15) is 4.79 Å². The van der Waals surface area contributed by atoms with Crippen LogP contribution in [0.5, 0.6) is 5.75 Å². The molecule has 5 heteroatoms. The first-order chi connectivity index (χ1) is 8.17. The van der Waals surface area contributed by atoms with Crippen LogP contribution in [-0.4, -0.2) is 18.3 Å². The van der Waals surface area contributed by atoms with Gasteiger partial charge in [0.1, 0.15) is 5.75 Å². The summed E-state index contributed by atoms with van der Waals surface area (Å²) < 4.78 is 5.15. The topological polar surface area (TPSA) is 38.3 Å². The molecule has 0 radical (unpaired) electrons. The summed E-state index contributed by atoms with van der Waals surface area (Å²) in [7, 11) is 1.56. The number of hydrogen-bond donors (Lipinski definition) is 1. The number of carbonyl (C=O) groups excluding carboxylic acids is 1. The third-order valence-electron chi connectivity index (χ3n) is 2.22. The van der Waals surface area contributed by atoms with E-state index in [2.05, 4.69) is 21.2 Å². The van der Waals surface area contributed by atoms with Crippen LogP contribution >= 0.6 is 27.5 Å². The van der Waals surface area contributed by atoms with Crippen molar-refractivity contribution in [1.82, 2.24) is 0 Å². The molecule has 0 bridgehead atoms. The minimum Gasteiger partial charge on any atom is -0.495 e. The highest BCUT2D eigenvalue weighted by Gasteiger charge is 2.07. The number of benzene rings is 1. The van der Waals surface area contributed by atoms with Crippen molar-refractivity contribution >= 4 is 39.1 Å². The van der Waals surface area contributed by atoms with Crippen molar-refractivity contribution in [2.24, 2.45) is 0 Å². The molecule has 1 N–H and O–H groups in total. The van der Waals surface area contributed by atoms with Gasteiger partial charge in [-0.15, -0.1) is 0 Å². The van der Waals surface area contributed by atoms with Crippen LogP contribution in [0.25, 0.3) is 0 Å². The van der Waals surface area contributed by atoms with Gasteiger partial charge < -0.3 is 10.1 Å². The highest BCUT2D eigenvalue weighted by Crippen LogP contribution is 2.27. The Morgan fingerprint density at radius 2 is 2.24 bits per heavy atom. The van der Waals surface area contributed by atoms with E-state index in [1.807, 2.05) is 0 Å². The summed E-state index contributed by atoms with van der Waals surface area (Å²) >= 11 is 9.20. The van der Waals surface area contributed by atoms with Gasteiger partial charge in [0.05, 0.1) is 12.8 Å². The maximum absolute atomic E-state index is 11.6. The van der Waals surface area contributed by atoms with E-state index < -0.39 is 0 Å². The molecule has 0 saturated carbocycles. The predicted octanol–water partition coefficient (Wildman–Crippen LogP) is 3.85. The molecule has 0 aromatic heterocycles. The lowest BCUT2D eigenvalue weighted by molar-refractivity contribution is -0.116. The van der Waals surface area contributed by atoms with Gasteiger partial charge in [-0.1, -0.05) is 27.5 Å². The van der Waals surface area contributed by atoms with Crippen molar-refractivity contribution in [3.63, 3.8) is 0 Å². The lowest BCUT2D eigenvalue weighted by atomic mass is 10.2. The Morgan fingerprint density at radius 1 is 1.47 bits per heavy atom. The van der Waals surface area contributed by atoms with Crippen LogP contribution < -0.4 is 10.1 Å². The summed E-state index contributed by atoms with van der Waals surface area (Å²) in [5.74, 6) is 0.592. The molecule has 0 fully saturated rings. The van der Waals surface area contributed by atoms with E-state index in [1.165, 1.54) is 0 Å². The van der Waals surface area contributed by atoms with E-state index >= 15 is 0 Å². The summed E-state index contributed by atoms with van der Waals surface area (Å²) in [6.07, 6.45) is 2.35. The molecule has 0 spiro atoms. The van der Waals surface area contributed by atoms with Crippen LogP contribution in [0.2, 0.25) is 5.02 Å². The van der Waals surface area contributed by atoms with Gasteiger partial charge in [0.25, 0.3) is 0 Å². The molecular weight excluding hydrogens is 305 g/mol. The van der Waals surface area contributed by atoms with Crippen LogP contribution in [0.1, 0.15) is 19.3 Å². The number of ether oxygens (including phenoxy) is 1. The largest absolute Gasteiger partial charge is 0.495 e. The van der Waals surface area contributed by atoms with Crippen LogP contribution in [0.4, 0.5) is 5.69 Å². The second-order valence-electron chi connectivity index (χ2n) is 3.54. The van der Waals surface area contributed by atoms with E-state index in [-0.39, 0.29) is 5.91 Å². The molecule has 0 saturated heterocycles. The van der Waals surface area contributed by atoms with Gasteiger partial charge in [0.15, 0.2) is 0 Å². The molecule has 0 atom stereocenters. The molecule has 0 aliphatic rings. The Kier molecular flexibility index (Phi) is 6.37. The molecule has 1 amide bonds. The number of rotatable bonds is 6. The minimum absolute atomic E-state index is 0.0217. The number of methoxy groups -OCH3 is 1. The highest BCUT2D eigenvalue weighted by molar-refractivity contribution is 9.09. The van der Waals surface area contributed by atoms with Crippen molar-refractivity contribution in [3.05, 3.63) is 23.2 Å². The molecule has 17 heavy (non-hydrogen) atoms. The molecule has 1 aromatic rings. The number of halogens is 2. The van der Waals surface area contributed by atoms with Gasteiger partial charge in [0.2, 0.25) is 5.91 Å². The second kappa shape index (κ2) is 7.56. The number of alkyl halides is 1. The Hall–Kier alpha value is -0.740. The first-order valence-corrected chi connectivity index (χ1v) is 6.86. The van der Waals surface area contributed by atoms with Crippen molar-refractivity contribution < 1.29 is 9.53 Å². The number of anilines is 1. The average Bonchev–Trinajstić information content (AvgIpc) is 2.29. The van der Waals surface area contributed by atoms with Gasteiger partial charge in [0, 0.05) is 16.8 Å². The van der Waals surface area contributed by atoms with E-state index in [4.69, 9.17) is 16.3 Å². The minimum atomic E-state index is -0.0217. The van der Waals surface area contributed by atoms with Crippen LogP contribution in [0.15, 0.2) is 18.2 Å². The van der Waals surface area contributed by atoms with Crippen molar-refractivity contribution in [3.8, 4) is 5.75 Å². The Morgan fingerprint density at radius 3 is 2.88 bits per heavy atom. The fourth-order valence-corrected chi connectivity index (χ4v) is 1.94. The molecule has 1 aromatic carbocycles. The SMILES string of the molecule is COc1ccc(Cl)cc1NC(=O)CCCCBr. The molecule has 94 valence electrons. The molecule has 0 unspecified atom stereocenters. The average molecular weight is 321 g/mol. The second-order valence-corrected chi connectivity index (χ2v) is 4.77. The molecule has 0 heterocycles. The Balaban J connectivity index is 2.60. The fourth-order valence-electron chi connectivity index (χ4n) is 1.37. The maximum Gasteiger partial charge on any atom is 0.224 e. The van der Waals surface area contributed by atoms with Crippen molar-refractivity contribution in [2.45, 2.75) is 19.3 Å². The lowest BCUT2D eigenvalue weighted by Gasteiger charge is -2.10. The quantitative estimate of drug-likeness (QED) is 0.638. The molecule has 3 nitrogen and oxygen atoms in total. The highest BCUT2D eigenvalue weighted by atomic mass is 79.9. The van der Waals surface area contributed by atoms with Gasteiger partial charge >= 0.3 is 0 Å². The monoisotopic (exact) mass is 319 g/mol. The van der Waals surface area contributed by atoms with Crippen LogP contribution in [-0.2, 0) is 4.79 Å². The summed E-state index contributed by atoms with van der Waals surface area (Å²) in [6, 6.07) is 5.14. The summed E-state index contributed by atoms with van der Waals surface area (Å²) in [6.45, 7) is 0. The third-order valence-corrected chi connectivity index (χ3v) is 3.02. The summed E-state index contributed by atoms with van der Waals surface area (Å²) in [5, 5.41) is 4.29. The Labute approximate surface area is 115 Å². The van der Waals surface area contributed by atoms with Gasteiger partial charge in [-0.25, -0.2) is 0 Å². The number of nitrogens with one attached hydrogen (secondary N) is 1. The van der Waals surface area contributed by atoms with Crippen molar-refractivity contribution in [1.29, 1.82) is 0 Å². The van der Waals surface area contributed by atoms with Crippen LogP contribution in [0.3, 0.4) is 0 Å². The standard InChI is InChI=1S/C12H15BrClNO2/c1-17-11-6-5-9(14)8-10(11)15-12(16)4-2-3-7-13/h5-6,8H,2-4,7H2,1H3,(H,15,16). The zero-order chi connectivity index (χ0) is 12.7. The molecule has 0 aliphatic heterocycles. The molecule has 1 rings (SSSR count). The van der Waals surface area contributed by atoms with Gasteiger partial charge in [-0.05, 0) is 31.0 Å². The third kappa shape index (κ3) is 4.96. The number of unbranched alkanes of at least 4 members (excludes halogenated alkanes) is 1. The summed E-state index contributed by atoms with van der Waals surface area (Å²) in [5.41, 5.74) is 0.615. The van der Waals surface area contributed by atoms with E-state index in [0.29, 0.717) is 22.9 Å². The van der Waals surface area contributed by atoms with Crippen LogP contribution in [0, 0.1) is 0 Å². The summed E-state index contributed by atoms with van der Waals surface area (Å²) in [4.78, 5) is 11.6. The van der Waals surface area contributed by atoms with Gasteiger partial charge in [-0.2, -0.15) is 0 Å². The first-order valence-electron chi connectivity index (χ1n) is 5.36. The molecular formula is C12H15BrClNO2. The first kappa shape index (κ1) is 14.3. The van der Waals surface area contributed by atoms with Crippen molar-refractivity contribution in [2.75, 3.05) is 17.8 Å².